The smallest absolute Gasteiger partial charge is 0.270 e. The van der Waals surface area contributed by atoms with Crippen molar-refractivity contribution >= 4 is 11.6 Å². The van der Waals surface area contributed by atoms with Crippen LogP contribution in [0.5, 0.6) is 0 Å². The molecule has 0 aliphatic heterocycles. The molecular formula is C17H17N3O. The Kier molecular flexibility index (Phi) is 3.44. The van der Waals surface area contributed by atoms with Crippen LogP contribution in [-0.4, -0.2) is 15.3 Å². The van der Waals surface area contributed by atoms with E-state index in [4.69, 9.17) is 0 Å². The molecule has 2 aromatic heterocycles. The molecule has 1 aromatic carbocycles. The number of hydrogen-bond donors (Lipinski definition) is 1. The van der Waals surface area contributed by atoms with Gasteiger partial charge in [0.15, 0.2) is 0 Å². The van der Waals surface area contributed by atoms with Gasteiger partial charge in [-0.1, -0.05) is 36.4 Å². The molecule has 0 saturated heterocycles. The zero-order valence-corrected chi connectivity index (χ0v) is 12.1. The number of amides is 1. The van der Waals surface area contributed by atoms with Crippen LogP contribution in [0.3, 0.4) is 0 Å². The van der Waals surface area contributed by atoms with Crippen LogP contribution in [0, 0.1) is 6.92 Å². The molecule has 0 fully saturated rings. The molecule has 0 unspecified atom stereocenters. The third-order valence-corrected chi connectivity index (χ3v) is 3.57. The van der Waals surface area contributed by atoms with Crippen LogP contribution in [-0.2, 0) is 0 Å². The number of carbonyl (C=O) groups excluding carboxylic acids is 1. The number of rotatable bonds is 3. The number of aryl methyl sites for hydroxylation is 1. The Hall–Kier alpha value is -2.62. The van der Waals surface area contributed by atoms with Gasteiger partial charge in [-0.25, -0.2) is 4.98 Å². The number of benzene rings is 1. The van der Waals surface area contributed by atoms with Gasteiger partial charge in [-0.3, -0.25) is 9.20 Å². The summed E-state index contributed by atoms with van der Waals surface area (Å²) in [5.74, 6) is -0.109. The number of fused-ring (bicyclic) bond motifs is 1. The highest BCUT2D eigenvalue weighted by Gasteiger charge is 2.18. The van der Waals surface area contributed by atoms with Crippen molar-refractivity contribution in [2.75, 3.05) is 0 Å². The van der Waals surface area contributed by atoms with Gasteiger partial charge in [0.05, 0.1) is 11.7 Å². The lowest BCUT2D eigenvalue weighted by Crippen LogP contribution is -2.28. The molecule has 4 heteroatoms. The molecule has 21 heavy (non-hydrogen) atoms. The summed E-state index contributed by atoms with van der Waals surface area (Å²) in [6.07, 6.45) is 1.86. The van der Waals surface area contributed by atoms with E-state index >= 15 is 0 Å². The minimum absolute atomic E-state index is 0.0487. The Morgan fingerprint density at radius 1 is 1.14 bits per heavy atom. The Labute approximate surface area is 123 Å². The van der Waals surface area contributed by atoms with Crippen molar-refractivity contribution in [1.82, 2.24) is 14.7 Å². The maximum Gasteiger partial charge on any atom is 0.270 e. The highest BCUT2D eigenvalue weighted by atomic mass is 16.2. The van der Waals surface area contributed by atoms with E-state index in [1.807, 2.05) is 73.0 Å². The second kappa shape index (κ2) is 5.40. The Morgan fingerprint density at radius 2 is 1.86 bits per heavy atom. The highest BCUT2D eigenvalue weighted by Crippen LogP contribution is 2.15. The molecule has 1 N–H and O–H groups in total. The molecule has 0 saturated carbocycles. The largest absolute Gasteiger partial charge is 0.344 e. The molecule has 3 rings (SSSR count). The first-order chi connectivity index (χ1) is 10.2. The lowest BCUT2D eigenvalue weighted by atomic mass is 10.1. The molecular weight excluding hydrogens is 262 g/mol. The third-order valence-electron chi connectivity index (χ3n) is 3.57. The first kappa shape index (κ1) is 13.4. The van der Waals surface area contributed by atoms with Gasteiger partial charge in [0.1, 0.15) is 11.3 Å². The fourth-order valence-corrected chi connectivity index (χ4v) is 2.48. The van der Waals surface area contributed by atoms with Gasteiger partial charge in [0.25, 0.3) is 5.91 Å². The van der Waals surface area contributed by atoms with E-state index in [9.17, 15) is 4.79 Å². The predicted molar refractivity (Wildman–Crippen MR) is 82.3 cm³/mol. The minimum atomic E-state index is -0.109. The first-order valence-electron chi connectivity index (χ1n) is 6.96. The summed E-state index contributed by atoms with van der Waals surface area (Å²) < 4.78 is 1.82. The average molecular weight is 279 g/mol. The molecule has 3 aromatic rings. The van der Waals surface area contributed by atoms with Crippen LogP contribution in [0.15, 0.2) is 54.7 Å². The van der Waals surface area contributed by atoms with Gasteiger partial charge in [-0.15, -0.1) is 0 Å². The van der Waals surface area contributed by atoms with Crippen LogP contribution in [0.25, 0.3) is 5.65 Å². The number of pyridine rings is 1. The summed E-state index contributed by atoms with van der Waals surface area (Å²) >= 11 is 0. The van der Waals surface area contributed by atoms with E-state index in [0.29, 0.717) is 5.69 Å². The number of hydrogen-bond acceptors (Lipinski definition) is 2. The maximum atomic E-state index is 12.6. The molecule has 0 radical (unpaired) electrons. The lowest BCUT2D eigenvalue weighted by Gasteiger charge is -2.14. The molecule has 0 spiro atoms. The van der Waals surface area contributed by atoms with E-state index in [0.717, 1.165) is 16.9 Å². The van der Waals surface area contributed by atoms with Crippen molar-refractivity contribution in [2.24, 2.45) is 0 Å². The SMILES string of the molecule is Cc1nc2ccccn2c1C(=O)N[C@@H](C)c1ccccc1. The van der Waals surface area contributed by atoms with Crippen molar-refractivity contribution in [1.29, 1.82) is 0 Å². The van der Waals surface area contributed by atoms with Gasteiger partial charge in [-0.05, 0) is 31.5 Å². The van der Waals surface area contributed by atoms with Gasteiger partial charge < -0.3 is 5.32 Å². The number of nitrogens with zero attached hydrogens (tertiary/aromatic N) is 2. The zero-order chi connectivity index (χ0) is 14.8. The van der Waals surface area contributed by atoms with E-state index in [1.165, 1.54) is 0 Å². The van der Waals surface area contributed by atoms with Gasteiger partial charge >= 0.3 is 0 Å². The van der Waals surface area contributed by atoms with Crippen LogP contribution in [0.4, 0.5) is 0 Å². The van der Waals surface area contributed by atoms with Crippen LogP contribution in [0.2, 0.25) is 0 Å². The molecule has 2 heterocycles. The number of nitrogens with one attached hydrogen (secondary N) is 1. The summed E-state index contributed by atoms with van der Waals surface area (Å²) in [4.78, 5) is 17.0. The molecule has 1 atom stereocenters. The van der Waals surface area contributed by atoms with Gasteiger partial charge in [0, 0.05) is 6.20 Å². The van der Waals surface area contributed by atoms with Gasteiger partial charge in [-0.2, -0.15) is 0 Å². The lowest BCUT2D eigenvalue weighted by molar-refractivity contribution is 0.0933. The van der Waals surface area contributed by atoms with Crippen molar-refractivity contribution in [3.63, 3.8) is 0 Å². The van der Waals surface area contributed by atoms with E-state index in [-0.39, 0.29) is 11.9 Å². The summed E-state index contributed by atoms with van der Waals surface area (Å²) in [5.41, 5.74) is 3.19. The number of imidazole rings is 1. The maximum absolute atomic E-state index is 12.6. The van der Waals surface area contributed by atoms with Crippen LogP contribution < -0.4 is 5.32 Å². The number of aromatic nitrogens is 2. The normalized spacial score (nSPS) is 12.3. The Balaban J connectivity index is 1.89. The quantitative estimate of drug-likeness (QED) is 0.800. The van der Waals surface area contributed by atoms with E-state index in [1.54, 1.807) is 0 Å². The Morgan fingerprint density at radius 3 is 2.62 bits per heavy atom. The predicted octanol–water partition coefficient (Wildman–Crippen LogP) is 3.13. The van der Waals surface area contributed by atoms with Crippen molar-refractivity contribution in [3.8, 4) is 0 Å². The summed E-state index contributed by atoms with van der Waals surface area (Å²) in [6.45, 7) is 3.83. The second-order valence-corrected chi connectivity index (χ2v) is 5.08. The highest BCUT2D eigenvalue weighted by molar-refractivity contribution is 5.94. The molecule has 0 aliphatic carbocycles. The van der Waals surface area contributed by atoms with Crippen LogP contribution >= 0.6 is 0 Å². The van der Waals surface area contributed by atoms with Crippen LogP contribution in [0.1, 0.15) is 34.7 Å². The standard InChI is InChI=1S/C17H17N3O/c1-12(14-8-4-3-5-9-14)19-17(21)16-13(2)18-15-10-6-7-11-20(15)16/h3-12H,1-2H3,(H,19,21)/t12-/m0/s1. The summed E-state index contributed by atoms with van der Waals surface area (Å²) in [7, 11) is 0. The Bertz CT molecular complexity index is 777. The topological polar surface area (TPSA) is 46.4 Å². The van der Waals surface area contributed by atoms with Crippen molar-refractivity contribution < 1.29 is 4.79 Å². The zero-order valence-electron chi connectivity index (χ0n) is 12.1. The third kappa shape index (κ3) is 2.52. The van der Waals surface area contributed by atoms with E-state index < -0.39 is 0 Å². The molecule has 106 valence electrons. The minimum Gasteiger partial charge on any atom is -0.344 e. The van der Waals surface area contributed by atoms with Gasteiger partial charge in [0.2, 0.25) is 0 Å². The second-order valence-electron chi connectivity index (χ2n) is 5.08. The fourth-order valence-electron chi connectivity index (χ4n) is 2.48. The summed E-state index contributed by atoms with van der Waals surface area (Å²) in [5, 5.41) is 3.03. The first-order valence-corrected chi connectivity index (χ1v) is 6.96. The average Bonchev–Trinajstić information content (AvgIpc) is 2.83. The van der Waals surface area contributed by atoms with Crippen molar-refractivity contribution in [2.45, 2.75) is 19.9 Å². The van der Waals surface area contributed by atoms with Crippen molar-refractivity contribution in [3.05, 3.63) is 71.7 Å². The van der Waals surface area contributed by atoms with E-state index in [2.05, 4.69) is 10.3 Å². The fraction of sp³-hybridized carbons (Fsp3) is 0.176. The monoisotopic (exact) mass is 279 g/mol. The molecule has 0 bridgehead atoms. The molecule has 0 aliphatic rings. The molecule has 1 amide bonds. The number of carbonyl (C=O) groups is 1. The molecule has 4 nitrogen and oxygen atoms in total. The summed E-state index contributed by atoms with van der Waals surface area (Å²) in [6, 6.07) is 15.6.